The quantitative estimate of drug-likeness (QED) is 0.684. The first-order chi connectivity index (χ1) is 14.1. The summed E-state index contributed by atoms with van der Waals surface area (Å²) in [7, 11) is 1.61. The van der Waals surface area contributed by atoms with Crippen LogP contribution >= 0.6 is 0 Å². The van der Waals surface area contributed by atoms with E-state index in [1.807, 2.05) is 30.3 Å². The van der Waals surface area contributed by atoms with E-state index >= 15 is 0 Å². The van der Waals surface area contributed by atoms with Crippen molar-refractivity contribution in [2.75, 3.05) is 39.9 Å². The van der Waals surface area contributed by atoms with Crippen LogP contribution in [0, 0.1) is 5.92 Å². The van der Waals surface area contributed by atoms with Gasteiger partial charge in [0.25, 0.3) is 0 Å². The van der Waals surface area contributed by atoms with Crippen LogP contribution in [0.1, 0.15) is 24.8 Å². The van der Waals surface area contributed by atoms with Gasteiger partial charge in [-0.2, -0.15) is 0 Å². The minimum atomic E-state index is -0.580. The molecule has 1 aromatic rings. The molecule has 2 heterocycles. The lowest BCUT2D eigenvalue weighted by atomic mass is 9.96. The first kappa shape index (κ1) is 19.9. The predicted octanol–water partition coefficient (Wildman–Crippen LogP) is 0.926. The van der Waals surface area contributed by atoms with Crippen molar-refractivity contribution in [2.45, 2.75) is 37.8 Å². The Morgan fingerprint density at radius 1 is 1.10 bits per heavy atom. The molecule has 0 bridgehead atoms. The van der Waals surface area contributed by atoms with Gasteiger partial charge in [-0.3, -0.25) is 14.4 Å². The topological polar surface area (TPSA) is 70.2 Å². The molecule has 3 amide bonds. The molecule has 1 aromatic carbocycles. The van der Waals surface area contributed by atoms with Crippen LogP contribution in [0.15, 0.2) is 30.3 Å². The second kappa shape index (κ2) is 8.53. The van der Waals surface area contributed by atoms with Gasteiger partial charge in [0.1, 0.15) is 12.1 Å². The number of nitrogens with zero attached hydrogens (tertiary/aromatic N) is 3. The van der Waals surface area contributed by atoms with E-state index in [1.54, 1.807) is 21.8 Å². The van der Waals surface area contributed by atoms with Gasteiger partial charge in [0.2, 0.25) is 17.7 Å². The van der Waals surface area contributed by atoms with Gasteiger partial charge in [-0.25, -0.2) is 0 Å². The molecule has 3 aliphatic rings. The second-order valence-electron chi connectivity index (χ2n) is 8.26. The molecule has 0 unspecified atom stereocenters. The van der Waals surface area contributed by atoms with Gasteiger partial charge in [-0.1, -0.05) is 30.3 Å². The van der Waals surface area contributed by atoms with Crippen molar-refractivity contribution in [3.05, 3.63) is 35.9 Å². The molecule has 2 aliphatic heterocycles. The van der Waals surface area contributed by atoms with Crippen LogP contribution in [-0.2, 0) is 25.5 Å². The average molecular weight is 399 g/mol. The SMILES string of the molecule is COCCN1CCN2C(=O)[C@H](Cc3ccccc3)N(C(=O)CC3CC3)C[C@H]2C1=O. The first-order valence-corrected chi connectivity index (χ1v) is 10.5. The Hall–Kier alpha value is -2.41. The van der Waals surface area contributed by atoms with Crippen molar-refractivity contribution in [1.82, 2.24) is 14.7 Å². The fraction of sp³-hybridized carbons (Fsp3) is 0.591. The van der Waals surface area contributed by atoms with Crippen molar-refractivity contribution in [3.8, 4) is 0 Å². The van der Waals surface area contributed by atoms with Crippen LogP contribution in [-0.4, -0.2) is 84.4 Å². The molecule has 7 heteroatoms. The molecule has 0 spiro atoms. The van der Waals surface area contributed by atoms with E-state index in [2.05, 4.69) is 0 Å². The average Bonchev–Trinajstić information content (AvgIpc) is 3.54. The lowest BCUT2D eigenvalue weighted by molar-refractivity contribution is -0.166. The first-order valence-electron chi connectivity index (χ1n) is 10.5. The minimum Gasteiger partial charge on any atom is -0.383 e. The van der Waals surface area contributed by atoms with Gasteiger partial charge in [-0.15, -0.1) is 0 Å². The molecular weight excluding hydrogens is 370 g/mol. The molecule has 1 saturated carbocycles. The van der Waals surface area contributed by atoms with Gasteiger partial charge in [0.15, 0.2) is 0 Å². The summed E-state index contributed by atoms with van der Waals surface area (Å²) in [4.78, 5) is 44.6. The molecule has 2 atom stereocenters. The van der Waals surface area contributed by atoms with E-state index in [4.69, 9.17) is 4.74 Å². The smallest absolute Gasteiger partial charge is 0.247 e. The third kappa shape index (κ3) is 4.29. The van der Waals surface area contributed by atoms with Crippen LogP contribution in [0.4, 0.5) is 0 Å². The van der Waals surface area contributed by atoms with Gasteiger partial charge < -0.3 is 19.4 Å². The van der Waals surface area contributed by atoms with Crippen molar-refractivity contribution in [1.29, 1.82) is 0 Å². The van der Waals surface area contributed by atoms with Crippen LogP contribution in [0.2, 0.25) is 0 Å². The zero-order valence-corrected chi connectivity index (χ0v) is 17.0. The normalized spacial score (nSPS) is 24.7. The molecule has 7 nitrogen and oxygen atoms in total. The maximum absolute atomic E-state index is 13.4. The van der Waals surface area contributed by atoms with Gasteiger partial charge in [-0.05, 0) is 24.3 Å². The zero-order chi connectivity index (χ0) is 20.4. The highest BCUT2D eigenvalue weighted by Gasteiger charge is 2.48. The van der Waals surface area contributed by atoms with E-state index in [-0.39, 0.29) is 24.3 Å². The summed E-state index contributed by atoms with van der Waals surface area (Å²) in [6, 6.07) is 8.69. The Balaban J connectivity index is 1.55. The number of benzene rings is 1. The fourth-order valence-corrected chi connectivity index (χ4v) is 4.34. The van der Waals surface area contributed by atoms with E-state index in [1.165, 1.54) is 0 Å². The number of fused-ring (bicyclic) bond motifs is 1. The van der Waals surface area contributed by atoms with Crippen LogP contribution in [0.5, 0.6) is 0 Å². The van der Waals surface area contributed by atoms with Gasteiger partial charge >= 0.3 is 0 Å². The Morgan fingerprint density at radius 2 is 1.86 bits per heavy atom. The molecule has 1 aliphatic carbocycles. The number of methoxy groups -OCH3 is 1. The van der Waals surface area contributed by atoms with Crippen molar-refractivity contribution >= 4 is 17.7 Å². The summed E-state index contributed by atoms with van der Waals surface area (Å²) in [6.07, 6.45) is 3.13. The third-order valence-corrected chi connectivity index (χ3v) is 6.22. The fourth-order valence-electron chi connectivity index (χ4n) is 4.34. The summed E-state index contributed by atoms with van der Waals surface area (Å²) >= 11 is 0. The monoisotopic (exact) mass is 399 g/mol. The molecule has 0 N–H and O–H groups in total. The Bertz CT molecular complexity index is 765. The van der Waals surface area contributed by atoms with Gasteiger partial charge in [0.05, 0.1) is 13.2 Å². The number of amides is 3. The minimum absolute atomic E-state index is 0.00301. The number of hydrogen-bond acceptors (Lipinski definition) is 4. The third-order valence-electron chi connectivity index (χ3n) is 6.22. The molecule has 156 valence electrons. The summed E-state index contributed by atoms with van der Waals surface area (Å²) in [6.45, 7) is 2.29. The summed E-state index contributed by atoms with van der Waals surface area (Å²) in [5.74, 6) is 0.259. The van der Waals surface area contributed by atoms with Crippen LogP contribution in [0.25, 0.3) is 0 Å². The number of carbonyl (C=O) groups excluding carboxylic acids is 3. The maximum atomic E-state index is 13.4. The van der Waals surface area contributed by atoms with Crippen molar-refractivity contribution in [2.24, 2.45) is 5.92 Å². The molecular formula is C22H29N3O4. The largest absolute Gasteiger partial charge is 0.383 e. The second-order valence-corrected chi connectivity index (χ2v) is 8.26. The highest BCUT2D eigenvalue weighted by Crippen LogP contribution is 2.34. The number of rotatable bonds is 7. The lowest BCUT2D eigenvalue weighted by Gasteiger charge is -2.49. The predicted molar refractivity (Wildman–Crippen MR) is 107 cm³/mol. The number of ether oxygens (including phenoxy) is 1. The van der Waals surface area contributed by atoms with Crippen molar-refractivity contribution < 1.29 is 19.1 Å². The standard InChI is InChI=1S/C22H29N3O4/c1-29-12-11-23-9-10-24-19(21(23)27)15-25(20(26)14-17-7-8-17)18(22(24)28)13-16-5-3-2-4-6-16/h2-6,17-19H,7-15H2,1H3/t18-,19-/m0/s1. The number of hydrogen-bond donors (Lipinski definition) is 0. The Labute approximate surface area is 171 Å². The Kier molecular flexibility index (Phi) is 5.85. The molecule has 0 aromatic heterocycles. The molecule has 29 heavy (non-hydrogen) atoms. The van der Waals surface area contributed by atoms with E-state index in [9.17, 15) is 14.4 Å². The molecule has 0 radical (unpaired) electrons. The lowest BCUT2D eigenvalue weighted by Crippen LogP contribution is -2.70. The Morgan fingerprint density at radius 3 is 2.55 bits per heavy atom. The number of carbonyl (C=O) groups is 3. The maximum Gasteiger partial charge on any atom is 0.247 e. The molecule has 4 rings (SSSR count). The highest BCUT2D eigenvalue weighted by atomic mass is 16.5. The van der Waals surface area contributed by atoms with E-state index in [0.717, 1.165) is 18.4 Å². The molecule has 3 fully saturated rings. The number of piperazine rings is 2. The summed E-state index contributed by atoms with van der Waals surface area (Å²) < 4.78 is 5.10. The van der Waals surface area contributed by atoms with Crippen LogP contribution < -0.4 is 0 Å². The van der Waals surface area contributed by atoms with Crippen molar-refractivity contribution in [3.63, 3.8) is 0 Å². The van der Waals surface area contributed by atoms with Gasteiger partial charge in [0, 0.05) is 39.6 Å². The molecule has 2 saturated heterocycles. The highest BCUT2D eigenvalue weighted by molar-refractivity contribution is 5.95. The van der Waals surface area contributed by atoms with Crippen LogP contribution in [0.3, 0.4) is 0 Å². The summed E-state index contributed by atoms with van der Waals surface area (Å²) in [5.41, 5.74) is 1.03. The van der Waals surface area contributed by atoms with E-state index < -0.39 is 12.1 Å². The zero-order valence-electron chi connectivity index (χ0n) is 17.0. The van der Waals surface area contributed by atoms with E-state index in [0.29, 0.717) is 45.0 Å². The summed E-state index contributed by atoms with van der Waals surface area (Å²) in [5, 5.41) is 0.